The van der Waals surface area contributed by atoms with Crippen LogP contribution in [0.1, 0.15) is 27.8 Å². The van der Waals surface area contributed by atoms with Crippen molar-refractivity contribution < 1.29 is 27.2 Å². The molecule has 0 aromatic heterocycles. The molecule has 250 valence electrons. The van der Waals surface area contributed by atoms with E-state index in [1.54, 1.807) is 0 Å². The van der Waals surface area contributed by atoms with Crippen molar-refractivity contribution in [3.63, 3.8) is 0 Å². The summed E-state index contributed by atoms with van der Waals surface area (Å²) in [5.74, 6) is -5.72. The van der Waals surface area contributed by atoms with Crippen molar-refractivity contribution in [3.05, 3.63) is 179 Å². The molecule has 0 aliphatic rings. The standard InChI is InChI=1S/C37H39O6P3Se2/c38-44(39-26-33-16-6-1-7-17-33,31-45(47,40-27-34-18-8-2-9-19-34)41-28-35-20-10-3-11-21-35)32-46(48,42-29-36-22-12-4-13-23-36)43-30-37-24-14-5-15-25-37/h1-25H,26-32H2. The van der Waals surface area contributed by atoms with E-state index < -0.39 is 19.3 Å². The van der Waals surface area contributed by atoms with Gasteiger partial charge in [-0.25, -0.2) is 0 Å². The van der Waals surface area contributed by atoms with Gasteiger partial charge in [0.2, 0.25) is 0 Å². The summed E-state index contributed by atoms with van der Waals surface area (Å²) in [7, 11) is -3.58. The predicted molar refractivity (Wildman–Crippen MR) is 199 cm³/mol. The first kappa shape index (κ1) is 37.3. The Balaban J connectivity index is 1.44. The van der Waals surface area contributed by atoms with Crippen molar-refractivity contribution in [2.24, 2.45) is 0 Å². The summed E-state index contributed by atoms with van der Waals surface area (Å²) in [6, 6.07) is 49.4. The van der Waals surface area contributed by atoms with Gasteiger partial charge in [-0.1, -0.05) is 0 Å². The molecule has 0 amide bonds. The first-order chi connectivity index (χ1) is 23.3. The fourth-order valence-electron chi connectivity index (χ4n) is 4.65. The second-order valence-corrected chi connectivity index (χ2v) is 25.7. The van der Waals surface area contributed by atoms with Gasteiger partial charge in [-0.2, -0.15) is 0 Å². The summed E-state index contributed by atoms with van der Waals surface area (Å²) in [5.41, 5.74) is 4.87. The quantitative estimate of drug-likeness (QED) is 0.0610. The number of hydrogen-bond acceptors (Lipinski definition) is 6. The Bertz CT molecular complexity index is 1610. The van der Waals surface area contributed by atoms with E-state index in [9.17, 15) is 0 Å². The summed E-state index contributed by atoms with van der Waals surface area (Å²) < 4.78 is 48.0. The molecule has 5 aromatic carbocycles. The first-order valence-electron chi connectivity index (χ1n) is 15.5. The van der Waals surface area contributed by atoms with E-state index in [4.69, 9.17) is 22.6 Å². The molecule has 11 heteroatoms. The summed E-state index contributed by atoms with van der Waals surface area (Å²) in [6.07, 6.45) is 0. The van der Waals surface area contributed by atoms with E-state index in [0.29, 0.717) is 26.4 Å². The zero-order valence-corrected chi connectivity index (χ0v) is 32.6. The average Bonchev–Trinajstić information content (AvgIpc) is 3.13. The van der Waals surface area contributed by atoms with Crippen LogP contribution < -0.4 is 0 Å². The molecule has 0 N–H and O–H groups in total. The Hall–Kier alpha value is -1.97. The van der Waals surface area contributed by atoms with Gasteiger partial charge in [-0.3, -0.25) is 0 Å². The molecular weight excluding hydrogens is 791 g/mol. The molecule has 0 saturated heterocycles. The van der Waals surface area contributed by atoms with Crippen molar-refractivity contribution in [1.29, 1.82) is 0 Å². The van der Waals surface area contributed by atoms with Gasteiger partial charge in [0.25, 0.3) is 0 Å². The van der Waals surface area contributed by atoms with Crippen molar-refractivity contribution in [2.45, 2.75) is 33.0 Å². The molecule has 0 heterocycles. The van der Waals surface area contributed by atoms with Crippen LogP contribution in [-0.4, -0.2) is 42.0 Å². The Labute approximate surface area is 299 Å². The SMILES string of the molecule is O=P(CP(=[Se])(OCc1ccccc1)OCc1ccccc1)(CP(=[Se])(OCc1ccccc1)OCc1ccccc1)OCc1ccccc1. The summed E-state index contributed by atoms with van der Waals surface area (Å²) in [5, 5.41) is 0. The van der Waals surface area contributed by atoms with Gasteiger partial charge in [0.1, 0.15) is 0 Å². The van der Waals surface area contributed by atoms with Crippen LogP contribution in [-0.2, 0) is 60.2 Å². The van der Waals surface area contributed by atoms with Gasteiger partial charge in [-0.05, 0) is 0 Å². The van der Waals surface area contributed by atoms with Gasteiger partial charge in [0.05, 0.1) is 0 Å². The maximum absolute atomic E-state index is 15.3. The second-order valence-electron chi connectivity index (χ2n) is 11.1. The molecule has 5 rings (SSSR count). The van der Waals surface area contributed by atoms with Crippen LogP contribution in [0.3, 0.4) is 0 Å². The van der Waals surface area contributed by atoms with Crippen LogP contribution in [0.25, 0.3) is 0 Å². The summed E-state index contributed by atoms with van der Waals surface area (Å²) in [6.45, 7) is 1.34. The molecule has 0 fully saturated rings. The predicted octanol–water partition coefficient (Wildman–Crippen LogP) is 10.1. The average molecular weight is 831 g/mol. The Morgan fingerprint density at radius 2 is 0.562 bits per heavy atom. The van der Waals surface area contributed by atoms with Crippen LogP contribution >= 0.6 is 19.3 Å². The van der Waals surface area contributed by atoms with Crippen molar-refractivity contribution >= 4 is 49.5 Å². The van der Waals surface area contributed by atoms with Crippen molar-refractivity contribution in [2.75, 3.05) is 11.8 Å². The molecule has 0 aliphatic heterocycles. The number of hydrogen-bond donors (Lipinski definition) is 0. The molecule has 0 bridgehead atoms. The van der Waals surface area contributed by atoms with Crippen LogP contribution in [0.4, 0.5) is 0 Å². The second kappa shape index (κ2) is 18.9. The van der Waals surface area contributed by atoms with E-state index in [-0.39, 0.29) is 18.4 Å². The first-order valence-corrected chi connectivity index (χ1v) is 25.5. The Morgan fingerprint density at radius 1 is 0.354 bits per heavy atom. The molecule has 5 aromatic rings. The van der Waals surface area contributed by atoms with Crippen molar-refractivity contribution in [3.8, 4) is 0 Å². The van der Waals surface area contributed by atoms with Gasteiger partial charge in [0.15, 0.2) is 0 Å². The molecule has 0 saturated carbocycles. The van der Waals surface area contributed by atoms with Crippen molar-refractivity contribution in [1.82, 2.24) is 0 Å². The zero-order valence-electron chi connectivity index (χ0n) is 26.5. The Morgan fingerprint density at radius 3 is 0.792 bits per heavy atom. The van der Waals surface area contributed by atoms with Crippen LogP contribution in [0.5, 0.6) is 0 Å². The third kappa shape index (κ3) is 12.7. The molecule has 0 unspecified atom stereocenters. The minimum absolute atomic E-state index is 0.0410. The monoisotopic (exact) mass is 832 g/mol. The minimum atomic E-state index is -3.58. The van der Waals surface area contributed by atoms with Gasteiger partial charge in [-0.15, -0.1) is 0 Å². The van der Waals surface area contributed by atoms with E-state index in [2.05, 4.69) is 30.2 Å². The summed E-state index contributed by atoms with van der Waals surface area (Å²) >= 11 is 6.44. The summed E-state index contributed by atoms with van der Waals surface area (Å²) in [4.78, 5) is 0. The molecule has 0 spiro atoms. The topological polar surface area (TPSA) is 63.2 Å². The molecule has 0 aliphatic carbocycles. The number of benzene rings is 5. The van der Waals surface area contributed by atoms with Crippen LogP contribution in [0.2, 0.25) is 0 Å². The third-order valence-corrected chi connectivity index (χ3v) is 23.1. The Kier molecular flexibility index (Phi) is 14.7. The molecule has 48 heavy (non-hydrogen) atoms. The van der Waals surface area contributed by atoms with E-state index >= 15 is 4.57 Å². The fourth-order valence-corrected chi connectivity index (χ4v) is 21.9. The zero-order chi connectivity index (χ0) is 33.5. The molecular formula is C37H39O6P3Se2. The van der Waals surface area contributed by atoms with Crippen LogP contribution in [0.15, 0.2) is 152 Å². The normalized spacial score (nSPS) is 12.2. The fraction of sp³-hybridized carbons (Fsp3) is 0.189. The van der Waals surface area contributed by atoms with Gasteiger partial charge >= 0.3 is 301 Å². The van der Waals surface area contributed by atoms with Crippen LogP contribution in [0, 0.1) is 0 Å². The molecule has 0 radical (unpaired) electrons. The van der Waals surface area contributed by atoms with E-state index in [0.717, 1.165) is 27.8 Å². The molecule has 0 atom stereocenters. The number of rotatable bonds is 19. The van der Waals surface area contributed by atoms with Gasteiger partial charge in [0, 0.05) is 0 Å². The van der Waals surface area contributed by atoms with E-state index in [1.807, 2.05) is 152 Å². The maximum atomic E-state index is 15.3. The van der Waals surface area contributed by atoms with Gasteiger partial charge < -0.3 is 0 Å². The third-order valence-electron chi connectivity index (χ3n) is 7.17. The molecule has 6 nitrogen and oxygen atoms in total. The van der Waals surface area contributed by atoms with E-state index in [1.165, 1.54) is 0 Å².